The van der Waals surface area contributed by atoms with Gasteiger partial charge >= 0.3 is 5.97 Å². The highest BCUT2D eigenvalue weighted by Crippen LogP contribution is 2.24. The molecule has 0 atom stereocenters. The summed E-state index contributed by atoms with van der Waals surface area (Å²) in [6, 6.07) is 20.3. The summed E-state index contributed by atoms with van der Waals surface area (Å²) in [6.07, 6.45) is 9.09. The van der Waals surface area contributed by atoms with Crippen LogP contribution < -0.4 is 4.74 Å². The van der Waals surface area contributed by atoms with Crippen LogP contribution in [0, 0.1) is 0 Å². The van der Waals surface area contributed by atoms with E-state index in [1.54, 1.807) is 47.4 Å². The Morgan fingerprint density at radius 1 is 0.971 bits per heavy atom. The van der Waals surface area contributed by atoms with Crippen molar-refractivity contribution in [3.8, 4) is 22.7 Å². The number of hydrogen-bond donors (Lipinski definition) is 1. The number of carbonyl (C=O) groups is 2. The molecule has 34 heavy (non-hydrogen) atoms. The number of allylic oxidation sites excluding steroid dienone is 1. The number of carboxylic acid groups (broad SMARTS) is 1. The summed E-state index contributed by atoms with van der Waals surface area (Å²) in [5.74, 6) is -0.404. The topological polar surface area (TPSA) is 94.3 Å². The minimum Gasteiger partial charge on any atom is -0.494 e. The summed E-state index contributed by atoms with van der Waals surface area (Å²) >= 11 is 0. The molecule has 2 aromatic carbocycles. The fourth-order valence-electron chi connectivity index (χ4n) is 3.35. The Balaban J connectivity index is 1.51. The van der Waals surface area contributed by atoms with Gasteiger partial charge in [-0.1, -0.05) is 18.2 Å². The molecule has 0 fully saturated rings. The molecular formula is C27H23N3O4. The Labute approximate surface area is 197 Å². The van der Waals surface area contributed by atoms with Crippen LogP contribution in [0.1, 0.15) is 28.8 Å². The third-order valence-corrected chi connectivity index (χ3v) is 5.07. The normalized spacial score (nSPS) is 10.9. The van der Waals surface area contributed by atoms with Crippen LogP contribution in [-0.2, 0) is 4.79 Å². The minimum absolute atomic E-state index is 0.0592. The third-order valence-electron chi connectivity index (χ3n) is 5.07. The molecule has 0 spiro atoms. The van der Waals surface area contributed by atoms with Gasteiger partial charge < -0.3 is 9.84 Å². The van der Waals surface area contributed by atoms with Gasteiger partial charge in [0.2, 0.25) is 0 Å². The van der Waals surface area contributed by atoms with Gasteiger partial charge in [0.1, 0.15) is 11.4 Å². The van der Waals surface area contributed by atoms with Crippen LogP contribution in [0.3, 0.4) is 0 Å². The molecule has 0 saturated carbocycles. The third kappa shape index (κ3) is 5.83. The number of para-hydroxylation sites is 1. The van der Waals surface area contributed by atoms with Crippen molar-refractivity contribution in [1.82, 2.24) is 14.8 Å². The van der Waals surface area contributed by atoms with Crippen LogP contribution in [0.2, 0.25) is 0 Å². The van der Waals surface area contributed by atoms with Crippen LogP contribution in [0.25, 0.3) is 23.0 Å². The molecule has 0 aliphatic heterocycles. The van der Waals surface area contributed by atoms with Crippen molar-refractivity contribution in [2.45, 2.75) is 12.8 Å². The highest BCUT2D eigenvalue weighted by molar-refractivity contribution is 6.07. The van der Waals surface area contributed by atoms with Crippen LogP contribution in [0.4, 0.5) is 0 Å². The Kier molecular flexibility index (Phi) is 7.25. The Bertz CT molecular complexity index is 1280. The second-order valence-electron chi connectivity index (χ2n) is 7.52. The Morgan fingerprint density at radius 2 is 1.71 bits per heavy atom. The van der Waals surface area contributed by atoms with Crippen LogP contribution >= 0.6 is 0 Å². The van der Waals surface area contributed by atoms with Crippen molar-refractivity contribution >= 4 is 17.8 Å². The van der Waals surface area contributed by atoms with E-state index in [1.165, 1.54) is 6.08 Å². The first-order valence-corrected chi connectivity index (χ1v) is 10.8. The molecule has 0 aliphatic carbocycles. The van der Waals surface area contributed by atoms with Gasteiger partial charge in [0.25, 0.3) is 0 Å². The van der Waals surface area contributed by atoms with Crippen molar-refractivity contribution in [2.75, 3.05) is 6.61 Å². The van der Waals surface area contributed by atoms with Gasteiger partial charge in [-0.15, -0.1) is 0 Å². The number of pyridine rings is 1. The van der Waals surface area contributed by atoms with Gasteiger partial charge in [-0.3, -0.25) is 14.6 Å². The lowest BCUT2D eigenvalue weighted by atomic mass is 10.1. The fraction of sp³-hybridized carbons (Fsp3) is 0.111. The molecule has 0 radical (unpaired) electrons. The van der Waals surface area contributed by atoms with E-state index in [-0.39, 0.29) is 12.2 Å². The molecule has 0 unspecified atom stereocenters. The molecule has 0 amide bonds. The number of hydrogen-bond acceptors (Lipinski definition) is 5. The summed E-state index contributed by atoms with van der Waals surface area (Å²) in [5, 5.41) is 13.4. The average molecular weight is 453 g/mol. The van der Waals surface area contributed by atoms with E-state index < -0.39 is 5.97 Å². The van der Waals surface area contributed by atoms with Crippen LogP contribution in [-0.4, -0.2) is 38.2 Å². The van der Waals surface area contributed by atoms with E-state index in [0.717, 1.165) is 22.5 Å². The SMILES string of the molecule is O=C(O)CCCOc1ccc(C(=O)C=Cc2cn(-c3ccccc3)nc2-c2ccncc2)cc1. The fourth-order valence-corrected chi connectivity index (χ4v) is 3.35. The summed E-state index contributed by atoms with van der Waals surface area (Å²) in [7, 11) is 0. The van der Waals surface area contributed by atoms with E-state index >= 15 is 0 Å². The molecule has 4 rings (SSSR count). The largest absolute Gasteiger partial charge is 0.494 e. The quantitative estimate of drug-likeness (QED) is 0.205. The first kappa shape index (κ1) is 22.7. The monoisotopic (exact) mass is 453 g/mol. The van der Waals surface area contributed by atoms with Gasteiger partial charge in [0.05, 0.1) is 12.3 Å². The number of aliphatic carboxylic acids is 1. The number of ketones is 1. The van der Waals surface area contributed by atoms with Crippen LogP contribution in [0.5, 0.6) is 5.75 Å². The van der Waals surface area contributed by atoms with Crippen molar-refractivity contribution in [3.63, 3.8) is 0 Å². The highest BCUT2D eigenvalue weighted by Gasteiger charge is 2.11. The van der Waals surface area contributed by atoms with Gasteiger partial charge in [-0.05, 0) is 67.1 Å². The van der Waals surface area contributed by atoms with Gasteiger partial charge in [0.15, 0.2) is 5.78 Å². The summed E-state index contributed by atoms with van der Waals surface area (Å²) in [5.41, 5.74) is 3.90. The number of aromatic nitrogens is 3. The predicted octanol–water partition coefficient (Wildman–Crippen LogP) is 5.07. The summed E-state index contributed by atoms with van der Waals surface area (Å²) in [6.45, 7) is 0.308. The van der Waals surface area contributed by atoms with E-state index in [9.17, 15) is 9.59 Å². The molecule has 0 bridgehead atoms. The molecule has 7 nitrogen and oxygen atoms in total. The maximum atomic E-state index is 12.8. The lowest BCUT2D eigenvalue weighted by Crippen LogP contribution is -2.02. The standard InChI is InChI=1S/C27H23N3O4/c31-25(20-8-11-24(12-9-20)34-18-4-7-26(32)33)13-10-22-19-30(23-5-2-1-3-6-23)29-27(22)21-14-16-28-17-15-21/h1-3,5-6,8-17,19H,4,7,18H2,(H,32,33). The molecule has 170 valence electrons. The first-order valence-electron chi connectivity index (χ1n) is 10.8. The van der Waals surface area contributed by atoms with Gasteiger partial charge in [-0.25, -0.2) is 4.68 Å². The second-order valence-corrected chi connectivity index (χ2v) is 7.52. The predicted molar refractivity (Wildman–Crippen MR) is 129 cm³/mol. The molecule has 2 heterocycles. The van der Waals surface area contributed by atoms with E-state index in [2.05, 4.69) is 4.98 Å². The maximum absolute atomic E-state index is 12.8. The van der Waals surface area contributed by atoms with E-state index in [4.69, 9.17) is 14.9 Å². The molecule has 2 aromatic heterocycles. The molecule has 0 saturated heterocycles. The number of carbonyl (C=O) groups excluding carboxylic acids is 1. The van der Waals surface area contributed by atoms with Crippen molar-refractivity contribution in [2.24, 2.45) is 0 Å². The van der Waals surface area contributed by atoms with Crippen molar-refractivity contribution in [3.05, 3.63) is 103 Å². The minimum atomic E-state index is -0.849. The lowest BCUT2D eigenvalue weighted by molar-refractivity contribution is -0.137. The molecule has 7 heteroatoms. The van der Waals surface area contributed by atoms with Crippen molar-refractivity contribution in [1.29, 1.82) is 0 Å². The van der Waals surface area contributed by atoms with E-state index in [0.29, 0.717) is 24.3 Å². The molecule has 0 aliphatic rings. The first-order chi connectivity index (χ1) is 16.6. The van der Waals surface area contributed by atoms with Gasteiger partial charge in [-0.2, -0.15) is 5.10 Å². The maximum Gasteiger partial charge on any atom is 0.303 e. The van der Waals surface area contributed by atoms with E-state index in [1.807, 2.05) is 48.7 Å². The average Bonchev–Trinajstić information content (AvgIpc) is 3.31. The summed E-state index contributed by atoms with van der Waals surface area (Å²) in [4.78, 5) is 27.4. The Morgan fingerprint density at radius 3 is 2.41 bits per heavy atom. The zero-order chi connectivity index (χ0) is 23.8. The molecule has 4 aromatic rings. The number of nitrogens with zero attached hydrogens (tertiary/aromatic N) is 3. The highest BCUT2D eigenvalue weighted by atomic mass is 16.5. The number of rotatable bonds is 10. The van der Waals surface area contributed by atoms with Crippen LogP contribution in [0.15, 0.2) is 91.4 Å². The number of ether oxygens (including phenoxy) is 1. The van der Waals surface area contributed by atoms with Gasteiger partial charge in [0, 0.05) is 41.7 Å². The zero-order valence-corrected chi connectivity index (χ0v) is 18.4. The lowest BCUT2D eigenvalue weighted by Gasteiger charge is -2.05. The van der Waals surface area contributed by atoms with Crippen molar-refractivity contribution < 1.29 is 19.4 Å². The zero-order valence-electron chi connectivity index (χ0n) is 18.4. The number of carboxylic acids is 1. The summed E-state index contributed by atoms with van der Waals surface area (Å²) < 4.78 is 7.31. The Hall–Kier alpha value is -4.52. The number of benzene rings is 2. The molecular weight excluding hydrogens is 430 g/mol. The molecule has 1 N–H and O–H groups in total. The second kappa shape index (κ2) is 10.9. The smallest absolute Gasteiger partial charge is 0.303 e.